The Kier molecular flexibility index (Phi) is 7.19. The van der Waals surface area contributed by atoms with Gasteiger partial charge >= 0.3 is 6.09 Å². The molecule has 0 spiro atoms. The van der Waals surface area contributed by atoms with Gasteiger partial charge in [-0.1, -0.05) is 11.6 Å². The van der Waals surface area contributed by atoms with E-state index in [0.717, 1.165) is 18.6 Å². The number of nitrogens with zero attached hydrogens (tertiary/aromatic N) is 5. The van der Waals surface area contributed by atoms with Gasteiger partial charge in [0.15, 0.2) is 11.5 Å². The van der Waals surface area contributed by atoms with Crippen LogP contribution in [0.3, 0.4) is 0 Å². The van der Waals surface area contributed by atoms with Gasteiger partial charge in [0.1, 0.15) is 17.0 Å². The number of nitrogens with one attached hydrogen (secondary N) is 2. The van der Waals surface area contributed by atoms with E-state index >= 15 is 0 Å². The Balaban J connectivity index is 1.50. The molecule has 1 saturated carbocycles. The van der Waals surface area contributed by atoms with Gasteiger partial charge in [-0.15, -0.1) is 0 Å². The van der Waals surface area contributed by atoms with Gasteiger partial charge in [0, 0.05) is 31.1 Å². The van der Waals surface area contributed by atoms with Crippen LogP contribution in [0.4, 0.5) is 31.2 Å². The zero-order chi connectivity index (χ0) is 27.0. The molecule has 1 atom stereocenters. The smallest absolute Gasteiger partial charge is 0.407 e. The van der Waals surface area contributed by atoms with E-state index in [2.05, 4.69) is 25.6 Å². The Morgan fingerprint density at radius 1 is 1.13 bits per heavy atom. The number of anilines is 3. The summed E-state index contributed by atoms with van der Waals surface area (Å²) >= 11 is 5.88. The highest BCUT2D eigenvalue weighted by Gasteiger charge is 2.30. The van der Waals surface area contributed by atoms with E-state index < -0.39 is 23.4 Å². The number of aromatic nitrogens is 4. The average molecular weight is 549 g/mol. The fraction of sp³-hybridized carbons (Fsp3) is 0.458. The van der Waals surface area contributed by atoms with Crippen LogP contribution in [0.2, 0.25) is 5.02 Å². The number of fused-ring (bicyclic) bond motifs is 1. The van der Waals surface area contributed by atoms with Gasteiger partial charge < -0.3 is 26.4 Å². The minimum Gasteiger partial charge on any atom is -0.465 e. The molecule has 0 radical (unpaired) electrons. The molecule has 1 aromatic carbocycles. The third-order valence-corrected chi connectivity index (χ3v) is 7.49. The second-order valence-corrected chi connectivity index (χ2v) is 10.1. The minimum absolute atomic E-state index is 0.156. The number of primary amides is 1. The first-order valence-electron chi connectivity index (χ1n) is 12.4. The summed E-state index contributed by atoms with van der Waals surface area (Å²) in [6.07, 6.45) is 4.26. The number of piperidine rings is 1. The van der Waals surface area contributed by atoms with Crippen LogP contribution in [0, 0.1) is 17.6 Å². The van der Waals surface area contributed by atoms with Crippen LogP contribution >= 0.6 is 11.6 Å². The number of benzene rings is 1. The number of carbonyl (C=O) groups excluding carboxylic acids is 1. The normalized spacial score (nSPS) is 21.9. The number of nitrogens with two attached hydrogens (primary N) is 1. The minimum atomic E-state index is -0.978. The van der Waals surface area contributed by atoms with Crippen LogP contribution in [-0.2, 0) is 4.79 Å². The maximum atomic E-state index is 14.7. The van der Waals surface area contributed by atoms with Crippen molar-refractivity contribution in [3.8, 4) is 0 Å². The molecule has 3 heterocycles. The van der Waals surface area contributed by atoms with Crippen molar-refractivity contribution in [2.75, 3.05) is 23.7 Å². The maximum Gasteiger partial charge on any atom is 0.407 e. The zero-order valence-electron chi connectivity index (χ0n) is 20.3. The van der Waals surface area contributed by atoms with Crippen LogP contribution in [0.5, 0.6) is 0 Å². The lowest BCUT2D eigenvalue weighted by atomic mass is 9.85. The predicted molar refractivity (Wildman–Crippen MR) is 136 cm³/mol. The molecule has 2 aromatic heterocycles. The van der Waals surface area contributed by atoms with E-state index in [4.69, 9.17) is 17.3 Å². The predicted octanol–water partition coefficient (Wildman–Crippen LogP) is 4.27. The molecule has 202 valence electrons. The van der Waals surface area contributed by atoms with E-state index in [-0.39, 0.29) is 40.8 Å². The molecule has 2 amide bonds. The molecular formula is C24H27ClF2N8O3. The Morgan fingerprint density at radius 3 is 2.61 bits per heavy atom. The molecule has 2 fully saturated rings. The highest BCUT2D eigenvalue weighted by atomic mass is 35.5. The van der Waals surface area contributed by atoms with Gasteiger partial charge in [-0.2, -0.15) is 4.98 Å². The standard InChI is InChI=1S/C24H27ClF2N8O3/c25-15-7-8-16(26)19(18(15)27)32-23-31-17-10-29-22(30-13-2-1-9-34(11-13)24(37)38)33-21(17)35(23)14-5-3-12(4-6-14)20(28)36/h7-8,10,12-14H,1-6,9,11H2,(H2,28,36)(H,31,32)(H,37,38)(H,29,30,33). The Bertz CT molecular complexity index is 1380. The highest BCUT2D eigenvalue weighted by Crippen LogP contribution is 2.38. The van der Waals surface area contributed by atoms with Crippen molar-refractivity contribution in [3.05, 3.63) is 35.0 Å². The van der Waals surface area contributed by atoms with E-state index in [1.165, 1.54) is 11.1 Å². The van der Waals surface area contributed by atoms with Crippen LogP contribution in [0.25, 0.3) is 11.2 Å². The molecule has 5 N–H and O–H groups in total. The van der Waals surface area contributed by atoms with Gasteiger partial charge in [0.2, 0.25) is 17.8 Å². The molecule has 1 unspecified atom stereocenters. The van der Waals surface area contributed by atoms with Gasteiger partial charge in [-0.3, -0.25) is 9.36 Å². The summed E-state index contributed by atoms with van der Waals surface area (Å²) in [7, 11) is 0. The van der Waals surface area contributed by atoms with Crippen molar-refractivity contribution in [2.45, 2.75) is 50.6 Å². The summed E-state index contributed by atoms with van der Waals surface area (Å²) in [4.78, 5) is 38.0. The Labute approximate surface area is 221 Å². The molecule has 2 aliphatic rings. The van der Waals surface area contributed by atoms with E-state index in [1.807, 2.05) is 0 Å². The van der Waals surface area contributed by atoms with Crippen molar-refractivity contribution < 1.29 is 23.5 Å². The number of hydrogen-bond acceptors (Lipinski definition) is 7. The van der Waals surface area contributed by atoms with Gasteiger partial charge in [0.05, 0.1) is 11.2 Å². The molecule has 14 heteroatoms. The van der Waals surface area contributed by atoms with Gasteiger partial charge in [0.25, 0.3) is 0 Å². The second kappa shape index (κ2) is 10.6. The van der Waals surface area contributed by atoms with Crippen LogP contribution < -0.4 is 16.4 Å². The first-order valence-corrected chi connectivity index (χ1v) is 12.8. The van der Waals surface area contributed by atoms with Crippen molar-refractivity contribution >= 4 is 52.3 Å². The third kappa shape index (κ3) is 5.15. The number of amides is 2. The number of hydrogen-bond donors (Lipinski definition) is 4. The highest BCUT2D eigenvalue weighted by molar-refractivity contribution is 6.31. The lowest BCUT2D eigenvalue weighted by Gasteiger charge is -2.31. The number of rotatable bonds is 6. The lowest BCUT2D eigenvalue weighted by Crippen LogP contribution is -2.44. The van der Waals surface area contributed by atoms with E-state index in [9.17, 15) is 23.5 Å². The fourth-order valence-corrected chi connectivity index (χ4v) is 5.38. The second-order valence-electron chi connectivity index (χ2n) is 9.67. The monoisotopic (exact) mass is 548 g/mol. The first-order chi connectivity index (χ1) is 18.2. The quantitative estimate of drug-likeness (QED) is 0.333. The number of carbonyl (C=O) groups is 2. The van der Waals surface area contributed by atoms with E-state index in [1.54, 1.807) is 4.57 Å². The van der Waals surface area contributed by atoms with Gasteiger partial charge in [-0.25, -0.2) is 23.5 Å². The summed E-state index contributed by atoms with van der Waals surface area (Å²) in [5, 5.41) is 15.1. The summed E-state index contributed by atoms with van der Waals surface area (Å²) < 4.78 is 31.1. The molecule has 1 aliphatic carbocycles. The molecule has 5 rings (SSSR count). The molecular weight excluding hydrogens is 522 g/mol. The maximum absolute atomic E-state index is 14.7. The summed E-state index contributed by atoms with van der Waals surface area (Å²) in [6, 6.07) is 1.84. The van der Waals surface area contributed by atoms with Gasteiger partial charge in [-0.05, 0) is 50.7 Å². The molecule has 11 nitrogen and oxygen atoms in total. The lowest BCUT2D eigenvalue weighted by molar-refractivity contribution is -0.122. The van der Waals surface area contributed by atoms with E-state index in [0.29, 0.717) is 56.4 Å². The van der Waals surface area contributed by atoms with Crippen molar-refractivity contribution in [1.29, 1.82) is 0 Å². The molecule has 1 saturated heterocycles. The third-order valence-electron chi connectivity index (χ3n) is 7.20. The zero-order valence-corrected chi connectivity index (χ0v) is 21.1. The molecule has 1 aliphatic heterocycles. The fourth-order valence-electron chi connectivity index (χ4n) is 5.22. The number of likely N-dealkylation sites (tertiary alicyclic amines) is 1. The number of carboxylic acid groups (broad SMARTS) is 1. The SMILES string of the molecule is NC(=O)C1CCC(n2c(Nc3c(F)ccc(Cl)c3F)nc3cnc(NC4CCCN(C(=O)O)C4)nc32)CC1. The Hall–Kier alpha value is -3.74. The van der Waals surface area contributed by atoms with Crippen LogP contribution in [0.1, 0.15) is 44.6 Å². The van der Waals surface area contributed by atoms with Crippen molar-refractivity contribution in [1.82, 2.24) is 24.4 Å². The van der Waals surface area contributed by atoms with Crippen molar-refractivity contribution in [3.63, 3.8) is 0 Å². The number of imidazole rings is 1. The molecule has 3 aromatic rings. The molecule has 0 bridgehead atoms. The van der Waals surface area contributed by atoms with Crippen LogP contribution in [0.15, 0.2) is 18.3 Å². The molecule has 38 heavy (non-hydrogen) atoms. The average Bonchev–Trinajstić information content (AvgIpc) is 3.26. The first kappa shape index (κ1) is 25.9. The van der Waals surface area contributed by atoms with Crippen LogP contribution in [-0.4, -0.2) is 60.7 Å². The number of halogens is 3. The topological polar surface area (TPSA) is 151 Å². The summed E-state index contributed by atoms with van der Waals surface area (Å²) in [5.41, 5.74) is 5.89. The summed E-state index contributed by atoms with van der Waals surface area (Å²) in [6.45, 7) is 0.771. The largest absolute Gasteiger partial charge is 0.465 e. The summed E-state index contributed by atoms with van der Waals surface area (Å²) in [5.74, 6) is -1.93. The Morgan fingerprint density at radius 2 is 1.89 bits per heavy atom. The van der Waals surface area contributed by atoms with Crippen molar-refractivity contribution in [2.24, 2.45) is 11.7 Å².